The molecule has 1 aromatic heterocycles. The van der Waals surface area contributed by atoms with E-state index in [1.807, 2.05) is 72.6 Å². The maximum absolute atomic E-state index is 5.16. The molecule has 0 fully saturated rings. The van der Waals surface area contributed by atoms with E-state index in [0.29, 0.717) is 0 Å². The number of ether oxygens (including phenoxy) is 1. The van der Waals surface area contributed by atoms with Gasteiger partial charge in [-0.3, -0.25) is 0 Å². The number of anilines is 4. The fourth-order valence-electron chi connectivity index (χ4n) is 2.20. The first-order valence-corrected chi connectivity index (χ1v) is 7.28. The van der Waals surface area contributed by atoms with Gasteiger partial charge in [-0.15, -0.1) is 0 Å². The molecule has 0 saturated carbocycles. The summed E-state index contributed by atoms with van der Waals surface area (Å²) in [7, 11) is 3.63. The lowest BCUT2D eigenvalue weighted by molar-refractivity contribution is 0.415. The number of nitrogens with one attached hydrogen (secondary N) is 1. The van der Waals surface area contributed by atoms with E-state index in [0.717, 1.165) is 28.8 Å². The van der Waals surface area contributed by atoms with Gasteiger partial charge in [0.25, 0.3) is 0 Å². The quantitative estimate of drug-likeness (QED) is 0.772. The van der Waals surface area contributed by atoms with Crippen LogP contribution in [-0.2, 0) is 0 Å². The maximum Gasteiger partial charge on any atom is 0.138 e. The summed E-state index contributed by atoms with van der Waals surface area (Å²) < 4.78 is 5.16. The van der Waals surface area contributed by atoms with Crippen LogP contribution in [0.2, 0.25) is 0 Å². The van der Waals surface area contributed by atoms with E-state index in [4.69, 9.17) is 4.74 Å². The molecule has 0 amide bonds. The third kappa shape index (κ3) is 3.58. The van der Waals surface area contributed by atoms with Gasteiger partial charge in [0.2, 0.25) is 0 Å². The number of hydrogen-bond acceptors (Lipinski definition) is 5. The summed E-state index contributed by atoms with van der Waals surface area (Å²) in [6.45, 7) is 0. The lowest BCUT2D eigenvalue weighted by Crippen LogP contribution is -2.11. The number of rotatable bonds is 5. The average molecular weight is 306 g/mol. The van der Waals surface area contributed by atoms with Crippen molar-refractivity contribution >= 4 is 23.0 Å². The van der Waals surface area contributed by atoms with Gasteiger partial charge >= 0.3 is 0 Å². The highest BCUT2D eigenvalue weighted by atomic mass is 16.5. The Morgan fingerprint density at radius 2 is 1.70 bits per heavy atom. The van der Waals surface area contributed by atoms with Crippen molar-refractivity contribution in [1.82, 2.24) is 9.97 Å². The Labute approximate surface area is 135 Å². The van der Waals surface area contributed by atoms with E-state index >= 15 is 0 Å². The molecule has 5 nitrogen and oxygen atoms in total. The monoisotopic (exact) mass is 306 g/mol. The second-order valence-electron chi connectivity index (χ2n) is 5.01. The van der Waals surface area contributed by atoms with Crippen LogP contribution in [0, 0.1) is 0 Å². The zero-order chi connectivity index (χ0) is 16.1. The van der Waals surface area contributed by atoms with Crippen LogP contribution >= 0.6 is 0 Å². The predicted octanol–water partition coefficient (Wildman–Crippen LogP) is 4.00. The highest BCUT2D eigenvalue weighted by Crippen LogP contribution is 2.24. The van der Waals surface area contributed by atoms with Crippen molar-refractivity contribution in [3.05, 3.63) is 67.0 Å². The summed E-state index contributed by atoms with van der Waals surface area (Å²) in [4.78, 5) is 10.6. The van der Waals surface area contributed by atoms with E-state index in [9.17, 15) is 0 Å². The molecule has 0 aliphatic rings. The topological polar surface area (TPSA) is 50.3 Å². The molecule has 3 aromatic rings. The number of aromatic nitrogens is 2. The molecule has 3 rings (SSSR count). The minimum absolute atomic E-state index is 0.739. The molecule has 0 radical (unpaired) electrons. The average Bonchev–Trinajstić information content (AvgIpc) is 2.63. The molecule has 23 heavy (non-hydrogen) atoms. The molecular formula is C18H18N4O. The largest absolute Gasteiger partial charge is 0.497 e. The third-order valence-electron chi connectivity index (χ3n) is 3.50. The number of methoxy groups -OCH3 is 1. The second kappa shape index (κ2) is 6.79. The Bertz CT molecular complexity index is 759. The van der Waals surface area contributed by atoms with Crippen LogP contribution in [0.4, 0.5) is 23.0 Å². The van der Waals surface area contributed by atoms with Crippen LogP contribution in [0.25, 0.3) is 0 Å². The Hall–Kier alpha value is -3.08. The number of benzene rings is 2. The number of para-hydroxylation sites is 1. The summed E-state index contributed by atoms with van der Waals surface area (Å²) in [6, 6.07) is 19.7. The molecule has 0 bridgehead atoms. The molecule has 1 N–H and O–H groups in total. The molecule has 1 heterocycles. The summed E-state index contributed by atoms with van der Waals surface area (Å²) in [5, 5.41) is 3.27. The second-order valence-corrected chi connectivity index (χ2v) is 5.01. The van der Waals surface area contributed by atoms with E-state index in [1.165, 1.54) is 0 Å². The highest BCUT2D eigenvalue weighted by molar-refractivity contribution is 5.64. The fraction of sp³-hybridized carbons (Fsp3) is 0.111. The van der Waals surface area contributed by atoms with E-state index in [-0.39, 0.29) is 0 Å². The highest BCUT2D eigenvalue weighted by Gasteiger charge is 2.06. The van der Waals surface area contributed by atoms with Gasteiger partial charge in [-0.25, -0.2) is 9.97 Å². The van der Waals surface area contributed by atoms with Crippen molar-refractivity contribution in [3.63, 3.8) is 0 Å². The summed E-state index contributed by atoms with van der Waals surface area (Å²) in [5.74, 6) is 2.38. The van der Waals surface area contributed by atoms with Crippen LogP contribution in [0.3, 0.4) is 0 Å². The van der Waals surface area contributed by atoms with Crippen LogP contribution < -0.4 is 15.0 Å². The zero-order valence-electron chi connectivity index (χ0n) is 13.1. The van der Waals surface area contributed by atoms with Crippen molar-refractivity contribution in [2.24, 2.45) is 0 Å². The van der Waals surface area contributed by atoms with Crippen LogP contribution in [0.5, 0.6) is 5.75 Å². The summed E-state index contributed by atoms with van der Waals surface area (Å²) in [6.07, 6.45) is 1.56. The molecule has 0 unspecified atom stereocenters. The van der Waals surface area contributed by atoms with E-state index in [2.05, 4.69) is 15.3 Å². The van der Waals surface area contributed by atoms with Gasteiger partial charge in [0.05, 0.1) is 7.11 Å². The Kier molecular flexibility index (Phi) is 4.38. The van der Waals surface area contributed by atoms with Gasteiger partial charge in [0.15, 0.2) is 0 Å². The van der Waals surface area contributed by atoms with Gasteiger partial charge in [0.1, 0.15) is 23.7 Å². The van der Waals surface area contributed by atoms with E-state index < -0.39 is 0 Å². The first kappa shape index (κ1) is 14.8. The van der Waals surface area contributed by atoms with Crippen LogP contribution in [0.1, 0.15) is 0 Å². The van der Waals surface area contributed by atoms with Gasteiger partial charge in [-0.1, -0.05) is 18.2 Å². The van der Waals surface area contributed by atoms with Crippen molar-refractivity contribution < 1.29 is 4.74 Å². The van der Waals surface area contributed by atoms with Crippen LogP contribution in [0.15, 0.2) is 67.0 Å². The smallest absolute Gasteiger partial charge is 0.138 e. The lowest BCUT2D eigenvalue weighted by atomic mass is 10.3. The molecule has 0 atom stereocenters. The van der Waals surface area contributed by atoms with Crippen LogP contribution in [-0.4, -0.2) is 24.1 Å². The van der Waals surface area contributed by atoms with Crippen molar-refractivity contribution in [3.8, 4) is 5.75 Å². The lowest BCUT2D eigenvalue weighted by Gasteiger charge is -2.18. The molecular weight excluding hydrogens is 288 g/mol. The molecule has 116 valence electrons. The molecule has 2 aromatic carbocycles. The SMILES string of the molecule is COc1ccc(Nc2cc(N(C)c3ccccc3)ncn2)cc1. The first-order chi connectivity index (χ1) is 11.3. The molecule has 0 saturated heterocycles. The van der Waals surface area contributed by atoms with Gasteiger partial charge in [-0.2, -0.15) is 0 Å². The number of hydrogen-bond donors (Lipinski definition) is 1. The van der Waals surface area contributed by atoms with E-state index in [1.54, 1.807) is 13.4 Å². The Balaban J connectivity index is 1.79. The molecule has 0 spiro atoms. The predicted molar refractivity (Wildman–Crippen MR) is 92.8 cm³/mol. The standard InChI is InChI=1S/C18H18N4O/c1-22(15-6-4-3-5-7-15)18-12-17(19-13-20-18)21-14-8-10-16(23-2)11-9-14/h3-13H,1-2H3,(H,19,20,21). The fourth-order valence-corrected chi connectivity index (χ4v) is 2.20. The van der Waals surface area contributed by atoms with Crippen molar-refractivity contribution in [2.45, 2.75) is 0 Å². The Morgan fingerprint density at radius 1 is 0.957 bits per heavy atom. The van der Waals surface area contributed by atoms with Gasteiger partial charge < -0.3 is 15.0 Å². The molecule has 0 aliphatic heterocycles. The normalized spacial score (nSPS) is 10.2. The zero-order valence-corrected chi connectivity index (χ0v) is 13.1. The van der Waals surface area contributed by atoms with Gasteiger partial charge in [0, 0.05) is 24.5 Å². The molecule has 5 heteroatoms. The van der Waals surface area contributed by atoms with Crippen molar-refractivity contribution in [1.29, 1.82) is 0 Å². The third-order valence-corrected chi connectivity index (χ3v) is 3.50. The van der Waals surface area contributed by atoms with Gasteiger partial charge in [-0.05, 0) is 36.4 Å². The summed E-state index contributed by atoms with van der Waals surface area (Å²) in [5.41, 5.74) is 2.01. The first-order valence-electron chi connectivity index (χ1n) is 7.28. The minimum Gasteiger partial charge on any atom is -0.497 e. The van der Waals surface area contributed by atoms with Crippen molar-refractivity contribution in [2.75, 3.05) is 24.4 Å². The molecule has 0 aliphatic carbocycles. The minimum atomic E-state index is 0.739. The maximum atomic E-state index is 5.16. The Morgan fingerprint density at radius 3 is 2.39 bits per heavy atom. The summed E-state index contributed by atoms with van der Waals surface area (Å²) >= 11 is 0. The number of nitrogens with zero attached hydrogens (tertiary/aromatic N) is 3.